The quantitative estimate of drug-likeness (QED) is 0.893. The van der Waals surface area contributed by atoms with Crippen molar-refractivity contribution in [1.82, 2.24) is 4.98 Å². The smallest absolute Gasteiger partial charge is 0.167 e. The van der Waals surface area contributed by atoms with E-state index in [2.05, 4.69) is 20.9 Å². The van der Waals surface area contributed by atoms with Gasteiger partial charge in [0, 0.05) is 16.4 Å². The highest BCUT2D eigenvalue weighted by Crippen LogP contribution is 2.09. The minimum absolute atomic E-state index is 0.160. The van der Waals surface area contributed by atoms with Crippen LogP contribution in [0.3, 0.4) is 0 Å². The maximum atomic E-state index is 11.5. The van der Waals surface area contributed by atoms with Crippen molar-refractivity contribution in [1.29, 1.82) is 0 Å². The molecule has 0 saturated heterocycles. The summed E-state index contributed by atoms with van der Waals surface area (Å²) in [6.07, 6.45) is 2.33. The molecule has 0 aliphatic carbocycles. The minimum Gasteiger partial charge on any atom is -0.385 e. The Hall–Kier alpha value is -0.740. The first-order chi connectivity index (χ1) is 7.13. The molecule has 1 atom stereocenters. The standard InChI is InChI=1S/C11H14BrNO2/c1-2-3-10(14)11(15)6-9-5-4-8(12)7-13-9/h4-5,7,10,14H,2-3,6H2,1H3. The number of aromatic nitrogens is 1. The first-order valence-corrected chi connectivity index (χ1v) is 5.74. The zero-order valence-corrected chi connectivity index (χ0v) is 10.2. The zero-order chi connectivity index (χ0) is 11.3. The lowest BCUT2D eigenvalue weighted by molar-refractivity contribution is -0.126. The Labute approximate surface area is 97.7 Å². The second kappa shape index (κ2) is 5.98. The molecule has 0 bridgehead atoms. The Morgan fingerprint density at radius 3 is 2.87 bits per heavy atom. The molecule has 3 nitrogen and oxygen atoms in total. The normalized spacial score (nSPS) is 12.5. The van der Waals surface area contributed by atoms with Crippen molar-refractivity contribution in [3.05, 3.63) is 28.5 Å². The number of carbonyl (C=O) groups excluding carboxylic acids is 1. The fourth-order valence-corrected chi connectivity index (χ4v) is 1.48. The summed E-state index contributed by atoms with van der Waals surface area (Å²) in [6, 6.07) is 3.61. The number of carbonyl (C=O) groups is 1. The monoisotopic (exact) mass is 271 g/mol. The van der Waals surface area contributed by atoms with Crippen LogP contribution in [-0.2, 0) is 11.2 Å². The van der Waals surface area contributed by atoms with E-state index in [1.54, 1.807) is 12.3 Å². The van der Waals surface area contributed by atoms with Gasteiger partial charge in [-0.1, -0.05) is 13.3 Å². The first kappa shape index (κ1) is 12.3. The van der Waals surface area contributed by atoms with Gasteiger partial charge >= 0.3 is 0 Å². The molecule has 82 valence electrons. The van der Waals surface area contributed by atoms with Crippen LogP contribution in [0.1, 0.15) is 25.5 Å². The fourth-order valence-electron chi connectivity index (χ4n) is 1.24. The van der Waals surface area contributed by atoms with Crippen LogP contribution in [-0.4, -0.2) is 22.0 Å². The predicted octanol–water partition coefficient (Wildman–Crippen LogP) is 2.12. The molecule has 0 aliphatic rings. The molecule has 0 aromatic carbocycles. The summed E-state index contributed by atoms with van der Waals surface area (Å²) >= 11 is 3.27. The highest BCUT2D eigenvalue weighted by atomic mass is 79.9. The third kappa shape index (κ3) is 4.10. The average molecular weight is 272 g/mol. The Kier molecular flexibility index (Phi) is 4.91. The molecule has 1 heterocycles. The predicted molar refractivity (Wildman–Crippen MR) is 61.6 cm³/mol. The SMILES string of the molecule is CCCC(O)C(=O)Cc1ccc(Br)cn1. The van der Waals surface area contributed by atoms with Crippen molar-refractivity contribution >= 4 is 21.7 Å². The topological polar surface area (TPSA) is 50.2 Å². The van der Waals surface area contributed by atoms with Crippen LogP contribution >= 0.6 is 15.9 Å². The molecular weight excluding hydrogens is 258 g/mol. The van der Waals surface area contributed by atoms with Crippen molar-refractivity contribution in [3.63, 3.8) is 0 Å². The summed E-state index contributed by atoms with van der Waals surface area (Å²) in [5, 5.41) is 9.45. The van der Waals surface area contributed by atoms with Gasteiger partial charge in [-0.15, -0.1) is 0 Å². The Morgan fingerprint density at radius 2 is 2.33 bits per heavy atom. The van der Waals surface area contributed by atoms with Crippen molar-refractivity contribution in [2.24, 2.45) is 0 Å². The maximum absolute atomic E-state index is 11.5. The van der Waals surface area contributed by atoms with E-state index in [9.17, 15) is 9.90 Å². The van der Waals surface area contributed by atoms with Gasteiger partial charge in [0.15, 0.2) is 5.78 Å². The average Bonchev–Trinajstić information content (AvgIpc) is 2.22. The van der Waals surface area contributed by atoms with Gasteiger partial charge < -0.3 is 5.11 Å². The van der Waals surface area contributed by atoms with E-state index in [0.29, 0.717) is 12.1 Å². The fraction of sp³-hybridized carbons (Fsp3) is 0.455. The van der Waals surface area contributed by atoms with E-state index < -0.39 is 6.10 Å². The molecule has 4 heteroatoms. The molecule has 1 aromatic rings. The molecule has 1 N–H and O–H groups in total. The summed E-state index contributed by atoms with van der Waals surface area (Å²) in [6.45, 7) is 1.94. The summed E-state index contributed by atoms with van der Waals surface area (Å²) in [5.74, 6) is -0.160. The van der Waals surface area contributed by atoms with Crippen LogP contribution < -0.4 is 0 Å². The number of hydrogen-bond acceptors (Lipinski definition) is 3. The third-order valence-corrected chi connectivity index (χ3v) is 2.55. The van der Waals surface area contributed by atoms with Crippen molar-refractivity contribution in [2.45, 2.75) is 32.3 Å². The van der Waals surface area contributed by atoms with Crippen molar-refractivity contribution in [3.8, 4) is 0 Å². The van der Waals surface area contributed by atoms with E-state index in [-0.39, 0.29) is 12.2 Å². The lowest BCUT2D eigenvalue weighted by Crippen LogP contribution is -2.22. The van der Waals surface area contributed by atoms with Crippen LogP contribution in [0, 0.1) is 0 Å². The molecule has 0 saturated carbocycles. The third-order valence-electron chi connectivity index (χ3n) is 2.08. The molecule has 1 unspecified atom stereocenters. The van der Waals surface area contributed by atoms with Crippen LogP contribution in [0.15, 0.2) is 22.8 Å². The number of hydrogen-bond donors (Lipinski definition) is 1. The molecule has 0 spiro atoms. The van der Waals surface area contributed by atoms with Gasteiger partial charge in [-0.3, -0.25) is 9.78 Å². The van der Waals surface area contributed by atoms with Crippen LogP contribution in [0.2, 0.25) is 0 Å². The Balaban J connectivity index is 2.54. The van der Waals surface area contributed by atoms with Crippen molar-refractivity contribution in [2.75, 3.05) is 0 Å². The van der Waals surface area contributed by atoms with Crippen molar-refractivity contribution < 1.29 is 9.90 Å². The molecule has 1 aromatic heterocycles. The van der Waals surface area contributed by atoms with Gasteiger partial charge in [-0.25, -0.2) is 0 Å². The number of ketones is 1. The minimum atomic E-state index is -0.847. The van der Waals surface area contributed by atoms with E-state index in [0.717, 1.165) is 10.9 Å². The summed E-state index contributed by atoms with van der Waals surface area (Å²) in [4.78, 5) is 15.6. The first-order valence-electron chi connectivity index (χ1n) is 4.94. The molecule has 1 rings (SSSR count). The Morgan fingerprint density at radius 1 is 1.60 bits per heavy atom. The van der Waals surface area contributed by atoms with Gasteiger partial charge in [0.2, 0.25) is 0 Å². The number of aliphatic hydroxyl groups is 1. The number of Topliss-reactive ketones (excluding diaryl/α,β-unsaturated/α-hetero) is 1. The second-order valence-electron chi connectivity index (χ2n) is 3.42. The summed E-state index contributed by atoms with van der Waals surface area (Å²) in [7, 11) is 0. The van der Waals surface area contributed by atoms with E-state index in [1.807, 2.05) is 13.0 Å². The number of halogens is 1. The van der Waals surface area contributed by atoms with Gasteiger partial charge in [0.25, 0.3) is 0 Å². The molecule has 0 amide bonds. The second-order valence-corrected chi connectivity index (χ2v) is 4.33. The molecule has 0 radical (unpaired) electrons. The van der Waals surface area contributed by atoms with Crippen LogP contribution in [0.25, 0.3) is 0 Å². The highest BCUT2D eigenvalue weighted by Gasteiger charge is 2.14. The van der Waals surface area contributed by atoms with Gasteiger partial charge in [0.1, 0.15) is 6.10 Å². The molecule has 15 heavy (non-hydrogen) atoms. The number of aliphatic hydroxyl groups excluding tert-OH is 1. The van der Waals surface area contributed by atoms with E-state index in [4.69, 9.17) is 0 Å². The van der Waals surface area contributed by atoms with E-state index in [1.165, 1.54) is 0 Å². The zero-order valence-electron chi connectivity index (χ0n) is 8.61. The number of rotatable bonds is 5. The van der Waals surface area contributed by atoms with Gasteiger partial charge in [0.05, 0.1) is 6.42 Å². The molecule has 0 fully saturated rings. The molecule has 0 aliphatic heterocycles. The highest BCUT2D eigenvalue weighted by molar-refractivity contribution is 9.10. The molecular formula is C11H14BrNO2. The van der Waals surface area contributed by atoms with E-state index >= 15 is 0 Å². The summed E-state index contributed by atoms with van der Waals surface area (Å²) < 4.78 is 0.882. The van der Waals surface area contributed by atoms with Gasteiger partial charge in [-0.2, -0.15) is 0 Å². The van der Waals surface area contributed by atoms with Crippen LogP contribution in [0.4, 0.5) is 0 Å². The van der Waals surface area contributed by atoms with Gasteiger partial charge in [-0.05, 0) is 34.5 Å². The maximum Gasteiger partial charge on any atom is 0.167 e. The largest absolute Gasteiger partial charge is 0.385 e. The lowest BCUT2D eigenvalue weighted by atomic mass is 10.1. The lowest BCUT2D eigenvalue weighted by Gasteiger charge is -2.07. The van der Waals surface area contributed by atoms with Crippen LogP contribution in [0.5, 0.6) is 0 Å². The number of pyridine rings is 1. The number of nitrogens with zero attached hydrogens (tertiary/aromatic N) is 1. The Bertz CT molecular complexity index is 324. The summed E-state index contributed by atoms with van der Waals surface area (Å²) in [5.41, 5.74) is 0.693.